The molecule has 0 saturated carbocycles. The van der Waals surface area contributed by atoms with Crippen LogP contribution in [0.25, 0.3) is 0 Å². The Morgan fingerprint density at radius 1 is 1.43 bits per heavy atom. The predicted molar refractivity (Wildman–Crippen MR) is 96.0 cm³/mol. The summed E-state index contributed by atoms with van der Waals surface area (Å²) in [5.74, 6) is 0.769. The number of thioether (sulfide) groups is 1. The summed E-state index contributed by atoms with van der Waals surface area (Å²) in [7, 11) is 0. The van der Waals surface area contributed by atoms with Crippen molar-refractivity contribution in [3.8, 4) is 0 Å². The average Bonchev–Trinajstić information content (AvgIpc) is 2.57. The highest BCUT2D eigenvalue weighted by atomic mass is 35.5. The number of carbonyl (C=O) groups excluding carboxylic acids is 2. The van der Waals surface area contributed by atoms with E-state index < -0.39 is 0 Å². The summed E-state index contributed by atoms with van der Waals surface area (Å²) in [5.41, 5.74) is 0.763. The van der Waals surface area contributed by atoms with Gasteiger partial charge in [0.2, 0.25) is 11.8 Å². The van der Waals surface area contributed by atoms with Crippen LogP contribution < -0.4 is 5.32 Å². The first kappa shape index (κ1) is 17.9. The molecule has 124 valence electrons. The number of benzene rings is 1. The van der Waals surface area contributed by atoms with Crippen molar-refractivity contribution in [2.45, 2.75) is 24.7 Å². The molecular formula is C17H21ClN2O2S. The summed E-state index contributed by atoms with van der Waals surface area (Å²) in [4.78, 5) is 26.8. The number of hydrogen-bond acceptors (Lipinski definition) is 3. The summed E-state index contributed by atoms with van der Waals surface area (Å²) < 4.78 is 0. The highest BCUT2D eigenvalue weighted by Crippen LogP contribution is 2.31. The van der Waals surface area contributed by atoms with Crippen molar-refractivity contribution in [3.05, 3.63) is 35.9 Å². The Hall–Kier alpha value is -1.46. The molecule has 6 heteroatoms. The third-order valence-corrected chi connectivity index (χ3v) is 5.04. The van der Waals surface area contributed by atoms with Gasteiger partial charge in [-0.25, -0.2) is 0 Å². The molecule has 4 nitrogen and oxygen atoms in total. The van der Waals surface area contributed by atoms with Crippen LogP contribution in [0.2, 0.25) is 5.02 Å². The van der Waals surface area contributed by atoms with Gasteiger partial charge in [0, 0.05) is 28.9 Å². The van der Waals surface area contributed by atoms with Gasteiger partial charge in [-0.3, -0.25) is 9.59 Å². The minimum absolute atomic E-state index is 0.00378. The van der Waals surface area contributed by atoms with E-state index in [-0.39, 0.29) is 17.7 Å². The number of piperidine rings is 1. The number of nitrogens with one attached hydrogen (secondary N) is 1. The van der Waals surface area contributed by atoms with Crippen molar-refractivity contribution in [1.29, 1.82) is 0 Å². The van der Waals surface area contributed by atoms with E-state index in [1.54, 1.807) is 22.7 Å². The second-order valence-electron chi connectivity index (χ2n) is 5.37. The van der Waals surface area contributed by atoms with Gasteiger partial charge in [-0.05, 0) is 42.9 Å². The maximum atomic E-state index is 12.5. The molecule has 0 aromatic heterocycles. The Balaban J connectivity index is 1.99. The van der Waals surface area contributed by atoms with E-state index in [4.69, 9.17) is 11.6 Å². The zero-order valence-electron chi connectivity index (χ0n) is 13.2. The molecule has 1 heterocycles. The van der Waals surface area contributed by atoms with Crippen LogP contribution >= 0.6 is 23.4 Å². The number of hydrogen-bond donors (Lipinski definition) is 1. The monoisotopic (exact) mass is 352 g/mol. The molecule has 1 N–H and O–H groups in total. The predicted octanol–water partition coefficient (Wildman–Crippen LogP) is 3.82. The fourth-order valence-electron chi connectivity index (χ4n) is 2.61. The molecule has 0 aliphatic carbocycles. The Morgan fingerprint density at radius 3 is 2.74 bits per heavy atom. The lowest BCUT2D eigenvalue weighted by atomic mass is 9.95. The van der Waals surface area contributed by atoms with E-state index in [0.29, 0.717) is 31.0 Å². The van der Waals surface area contributed by atoms with Crippen LogP contribution in [0.1, 0.15) is 19.8 Å². The SMILES string of the molecule is C=CC(=O)N1CCC(C(=O)Nc2cc(Cl)ccc2SCC)CC1. The zero-order chi connectivity index (χ0) is 16.8. The lowest BCUT2D eigenvalue weighted by Crippen LogP contribution is -2.40. The summed E-state index contributed by atoms with van der Waals surface area (Å²) in [5, 5.41) is 3.60. The Bertz CT molecular complexity index is 598. The summed E-state index contributed by atoms with van der Waals surface area (Å²) in [6.45, 7) is 6.75. The van der Waals surface area contributed by atoms with Crippen molar-refractivity contribution in [2.75, 3.05) is 24.2 Å². The van der Waals surface area contributed by atoms with Crippen molar-refractivity contribution in [2.24, 2.45) is 5.92 Å². The second-order valence-corrected chi connectivity index (χ2v) is 7.11. The second kappa shape index (κ2) is 8.41. The summed E-state index contributed by atoms with van der Waals surface area (Å²) in [6, 6.07) is 5.54. The van der Waals surface area contributed by atoms with Crippen molar-refractivity contribution in [3.63, 3.8) is 0 Å². The quantitative estimate of drug-likeness (QED) is 0.647. The number of carbonyl (C=O) groups is 2. The highest BCUT2D eigenvalue weighted by Gasteiger charge is 2.26. The van der Waals surface area contributed by atoms with Gasteiger partial charge in [0.15, 0.2) is 0 Å². The lowest BCUT2D eigenvalue weighted by Gasteiger charge is -2.30. The minimum atomic E-state index is -0.0812. The van der Waals surface area contributed by atoms with Gasteiger partial charge in [-0.15, -0.1) is 11.8 Å². The number of halogens is 1. The number of amides is 2. The Labute approximate surface area is 146 Å². The fraction of sp³-hybridized carbons (Fsp3) is 0.412. The van der Waals surface area contributed by atoms with Crippen LogP contribution in [0, 0.1) is 5.92 Å². The molecule has 1 saturated heterocycles. The van der Waals surface area contributed by atoms with Crippen molar-refractivity contribution < 1.29 is 9.59 Å². The van der Waals surface area contributed by atoms with E-state index in [2.05, 4.69) is 18.8 Å². The first-order chi connectivity index (χ1) is 11.0. The molecule has 1 aliphatic heterocycles. The molecule has 0 atom stereocenters. The standard InChI is InChI=1S/C17H21ClN2O2S/c1-3-16(21)20-9-7-12(8-10-20)17(22)19-14-11-13(18)5-6-15(14)23-4-2/h3,5-6,11-12H,1,4,7-10H2,2H3,(H,19,22). The number of likely N-dealkylation sites (tertiary alicyclic amines) is 1. The van der Waals surface area contributed by atoms with Crippen molar-refractivity contribution in [1.82, 2.24) is 4.90 Å². The minimum Gasteiger partial charge on any atom is -0.339 e. The van der Waals surface area contributed by atoms with Crippen molar-refractivity contribution >= 4 is 40.9 Å². The zero-order valence-corrected chi connectivity index (χ0v) is 14.8. The smallest absolute Gasteiger partial charge is 0.245 e. The van der Waals surface area contributed by atoms with E-state index >= 15 is 0 Å². The molecule has 1 aromatic rings. The molecule has 0 bridgehead atoms. The summed E-state index contributed by atoms with van der Waals surface area (Å²) >= 11 is 7.71. The number of nitrogens with zero attached hydrogens (tertiary/aromatic N) is 1. The van der Waals surface area contributed by atoms with Gasteiger partial charge in [-0.1, -0.05) is 25.1 Å². The first-order valence-electron chi connectivity index (χ1n) is 7.69. The maximum absolute atomic E-state index is 12.5. The van der Waals surface area contributed by atoms with Crippen LogP contribution in [0.15, 0.2) is 35.7 Å². The molecule has 1 aliphatic rings. The number of rotatable bonds is 5. The Morgan fingerprint density at radius 2 is 2.13 bits per heavy atom. The molecule has 0 spiro atoms. The Kier molecular flexibility index (Phi) is 6.54. The van der Waals surface area contributed by atoms with E-state index in [9.17, 15) is 9.59 Å². The summed E-state index contributed by atoms with van der Waals surface area (Å²) in [6.07, 6.45) is 2.66. The molecule has 2 amide bonds. The van der Waals surface area contributed by atoms with E-state index in [0.717, 1.165) is 16.3 Å². The van der Waals surface area contributed by atoms with Gasteiger partial charge in [0.1, 0.15) is 0 Å². The fourth-order valence-corrected chi connectivity index (χ4v) is 3.52. The number of anilines is 1. The van der Waals surface area contributed by atoms with Gasteiger partial charge in [-0.2, -0.15) is 0 Å². The van der Waals surface area contributed by atoms with Crippen LogP contribution in [-0.4, -0.2) is 35.6 Å². The molecular weight excluding hydrogens is 332 g/mol. The van der Waals surface area contributed by atoms with Crippen LogP contribution in [-0.2, 0) is 9.59 Å². The van der Waals surface area contributed by atoms with Crippen LogP contribution in [0.3, 0.4) is 0 Å². The maximum Gasteiger partial charge on any atom is 0.245 e. The molecule has 2 rings (SSSR count). The van der Waals surface area contributed by atoms with Crippen LogP contribution in [0.5, 0.6) is 0 Å². The van der Waals surface area contributed by atoms with Gasteiger partial charge < -0.3 is 10.2 Å². The first-order valence-corrected chi connectivity index (χ1v) is 9.06. The normalized spacial score (nSPS) is 15.3. The van der Waals surface area contributed by atoms with Gasteiger partial charge in [0.25, 0.3) is 0 Å². The van der Waals surface area contributed by atoms with Gasteiger partial charge >= 0.3 is 0 Å². The third-order valence-electron chi connectivity index (χ3n) is 3.85. The molecule has 0 radical (unpaired) electrons. The lowest BCUT2D eigenvalue weighted by molar-refractivity contribution is -0.130. The topological polar surface area (TPSA) is 49.4 Å². The van der Waals surface area contributed by atoms with Gasteiger partial charge in [0.05, 0.1) is 5.69 Å². The van der Waals surface area contributed by atoms with E-state index in [1.807, 2.05) is 12.1 Å². The third kappa shape index (κ3) is 4.75. The average molecular weight is 353 g/mol. The van der Waals surface area contributed by atoms with E-state index in [1.165, 1.54) is 6.08 Å². The molecule has 1 aromatic carbocycles. The largest absolute Gasteiger partial charge is 0.339 e. The highest BCUT2D eigenvalue weighted by molar-refractivity contribution is 7.99. The molecule has 0 unspecified atom stereocenters. The van der Waals surface area contributed by atoms with Crippen LogP contribution in [0.4, 0.5) is 5.69 Å². The molecule has 23 heavy (non-hydrogen) atoms. The molecule has 1 fully saturated rings.